The van der Waals surface area contributed by atoms with Crippen LogP contribution in [-0.4, -0.2) is 51.1 Å². The topological polar surface area (TPSA) is 144 Å². The zero-order chi connectivity index (χ0) is 28.2. The van der Waals surface area contributed by atoms with E-state index in [1.807, 2.05) is 36.4 Å². The molecule has 2 aromatic carbocycles. The number of Topliss-reactive ketones (excluding diaryl/α,β-unsaturated/α-hetero) is 1. The third-order valence-electron chi connectivity index (χ3n) is 6.87. The van der Waals surface area contributed by atoms with Crippen LogP contribution in [0.3, 0.4) is 0 Å². The molecule has 0 aliphatic carbocycles. The van der Waals surface area contributed by atoms with Gasteiger partial charge in [-0.3, -0.25) is 9.78 Å². The molecule has 1 aliphatic heterocycles. The average molecular weight is 564 g/mol. The monoisotopic (exact) mass is 563 g/mol. The number of oxazole rings is 1. The summed E-state index contributed by atoms with van der Waals surface area (Å²) in [6.07, 6.45) is 4.95. The summed E-state index contributed by atoms with van der Waals surface area (Å²) in [6, 6.07) is 17.1. The standard InChI is InChI=1S/C29H29N3O7S/c1-36-29(11-13-37-14-12-29)23-15-20(16-31-17-23)18-38-19-25(33)28-32-26(21-5-3-2-4-6-21)27(39-28)22-7-9-24(10-8-22)40(30,34)35/h2-10,15-17H,11-14,18-19H2,1H3,(H2,30,34,35). The number of carbonyl (C=O) groups excluding carboxylic acids is 1. The minimum absolute atomic E-state index is 0.0338. The van der Waals surface area contributed by atoms with Gasteiger partial charge in [0.1, 0.15) is 12.3 Å². The van der Waals surface area contributed by atoms with Gasteiger partial charge in [-0.25, -0.2) is 18.5 Å². The summed E-state index contributed by atoms with van der Waals surface area (Å²) in [7, 11) is -2.16. The number of pyridine rings is 1. The van der Waals surface area contributed by atoms with Crippen LogP contribution < -0.4 is 5.14 Å². The van der Waals surface area contributed by atoms with Crippen molar-refractivity contribution in [1.29, 1.82) is 0 Å². The van der Waals surface area contributed by atoms with Crippen LogP contribution in [-0.2, 0) is 36.4 Å². The number of hydrogen-bond acceptors (Lipinski definition) is 9. The number of aromatic nitrogens is 2. The van der Waals surface area contributed by atoms with Crippen molar-refractivity contribution < 1.29 is 31.8 Å². The lowest BCUT2D eigenvalue weighted by Gasteiger charge is -2.36. The second-order valence-corrected chi connectivity index (χ2v) is 11.0. The van der Waals surface area contributed by atoms with Crippen molar-refractivity contribution in [1.82, 2.24) is 9.97 Å². The van der Waals surface area contributed by atoms with Crippen LogP contribution in [0.1, 0.15) is 34.7 Å². The number of ether oxygens (including phenoxy) is 3. The molecule has 208 valence electrons. The number of primary sulfonamides is 1. The quantitative estimate of drug-likeness (QED) is 0.282. The SMILES string of the molecule is COC1(c2cncc(COCC(=O)c3nc(-c4ccccc4)c(-c4ccc(S(N)(=O)=O)cc4)o3)c2)CCOCC1. The second kappa shape index (κ2) is 11.8. The van der Waals surface area contributed by atoms with Crippen LogP contribution in [0.2, 0.25) is 0 Å². The lowest BCUT2D eigenvalue weighted by Crippen LogP contribution is -2.35. The lowest BCUT2D eigenvalue weighted by molar-refractivity contribution is -0.0950. The Morgan fingerprint density at radius 1 is 1.02 bits per heavy atom. The Labute approximate surface area is 232 Å². The molecule has 11 heteroatoms. The molecule has 0 spiro atoms. The molecular formula is C29H29N3O7S. The smallest absolute Gasteiger partial charge is 0.266 e. The lowest BCUT2D eigenvalue weighted by atomic mass is 9.86. The van der Waals surface area contributed by atoms with Gasteiger partial charge in [-0.1, -0.05) is 30.3 Å². The van der Waals surface area contributed by atoms with Crippen LogP contribution in [0.15, 0.2) is 82.4 Å². The molecule has 2 aromatic heterocycles. The molecule has 10 nitrogen and oxygen atoms in total. The second-order valence-electron chi connectivity index (χ2n) is 9.44. The Bertz CT molecular complexity index is 1580. The fourth-order valence-corrected chi connectivity index (χ4v) is 5.19. The highest BCUT2D eigenvalue weighted by molar-refractivity contribution is 7.89. The summed E-state index contributed by atoms with van der Waals surface area (Å²) in [5, 5.41) is 5.22. The van der Waals surface area contributed by atoms with Crippen molar-refractivity contribution in [2.75, 3.05) is 26.9 Å². The fourth-order valence-electron chi connectivity index (χ4n) is 4.67. The fraction of sp³-hybridized carbons (Fsp3) is 0.276. The van der Waals surface area contributed by atoms with E-state index >= 15 is 0 Å². The molecule has 3 heterocycles. The molecule has 40 heavy (non-hydrogen) atoms. The van der Waals surface area contributed by atoms with Gasteiger partial charge in [0.2, 0.25) is 15.8 Å². The summed E-state index contributed by atoms with van der Waals surface area (Å²) in [6.45, 7) is 1.13. The van der Waals surface area contributed by atoms with E-state index in [9.17, 15) is 13.2 Å². The first kappa shape index (κ1) is 27.8. The number of benzene rings is 2. The maximum atomic E-state index is 13.0. The van der Waals surface area contributed by atoms with E-state index in [1.165, 1.54) is 12.1 Å². The number of ketones is 1. The molecule has 1 fully saturated rings. The third kappa shape index (κ3) is 6.03. The van der Waals surface area contributed by atoms with E-state index in [0.29, 0.717) is 30.2 Å². The Morgan fingerprint density at radius 2 is 1.75 bits per heavy atom. The van der Waals surface area contributed by atoms with Crippen LogP contribution in [0.5, 0.6) is 0 Å². The predicted octanol–water partition coefficient (Wildman–Crippen LogP) is 4.10. The minimum atomic E-state index is -3.85. The molecule has 0 amide bonds. The van der Waals surface area contributed by atoms with Crippen molar-refractivity contribution in [3.8, 4) is 22.6 Å². The average Bonchev–Trinajstić information content (AvgIpc) is 3.44. The van der Waals surface area contributed by atoms with E-state index in [4.69, 9.17) is 23.8 Å². The molecule has 0 bridgehead atoms. The predicted molar refractivity (Wildman–Crippen MR) is 146 cm³/mol. The highest BCUT2D eigenvalue weighted by Gasteiger charge is 2.35. The molecule has 1 saturated heterocycles. The van der Waals surface area contributed by atoms with Crippen LogP contribution in [0, 0.1) is 0 Å². The Balaban J connectivity index is 1.33. The first-order valence-electron chi connectivity index (χ1n) is 12.7. The number of nitrogens with two attached hydrogens (primary N) is 1. The van der Waals surface area contributed by atoms with E-state index < -0.39 is 21.4 Å². The van der Waals surface area contributed by atoms with Gasteiger partial charge in [-0.05, 0) is 35.9 Å². The van der Waals surface area contributed by atoms with Crippen molar-refractivity contribution in [2.24, 2.45) is 5.14 Å². The number of carbonyl (C=O) groups is 1. The zero-order valence-corrected chi connectivity index (χ0v) is 22.7. The van der Waals surface area contributed by atoms with E-state index in [1.54, 1.807) is 31.6 Å². The first-order chi connectivity index (χ1) is 19.3. The summed E-state index contributed by atoms with van der Waals surface area (Å²) < 4.78 is 46.3. The zero-order valence-electron chi connectivity index (χ0n) is 21.9. The van der Waals surface area contributed by atoms with Gasteiger partial charge in [-0.2, -0.15) is 0 Å². The number of sulfonamides is 1. The van der Waals surface area contributed by atoms with Gasteiger partial charge in [0.15, 0.2) is 5.76 Å². The van der Waals surface area contributed by atoms with Gasteiger partial charge in [0.05, 0.1) is 17.1 Å². The highest BCUT2D eigenvalue weighted by atomic mass is 32.2. The molecule has 0 saturated carbocycles. The molecule has 0 atom stereocenters. The van der Waals surface area contributed by atoms with Crippen LogP contribution in [0.25, 0.3) is 22.6 Å². The van der Waals surface area contributed by atoms with Gasteiger partial charge in [0, 0.05) is 62.2 Å². The van der Waals surface area contributed by atoms with Gasteiger partial charge in [0.25, 0.3) is 5.89 Å². The molecule has 0 unspecified atom stereocenters. The molecule has 0 radical (unpaired) electrons. The molecular weight excluding hydrogens is 534 g/mol. The Kier molecular flexibility index (Phi) is 8.19. The highest BCUT2D eigenvalue weighted by Crippen LogP contribution is 2.36. The normalized spacial score (nSPS) is 15.2. The maximum absolute atomic E-state index is 13.0. The minimum Gasteiger partial charge on any atom is -0.433 e. The largest absolute Gasteiger partial charge is 0.433 e. The van der Waals surface area contributed by atoms with Gasteiger partial charge < -0.3 is 18.6 Å². The summed E-state index contributed by atoms with van der Waals surface area (Å²) in [4.78, 5) is 21.8. The maximum Gasteiger partial charge on any atom is 0.266 e. The van der Waals surface area contributed by atoms with Crippen molar-refractivity contribution in [3.05, 3.63) is 90.1 Å². The van der Waals surface area contributed by atoms with Gasteiger partial charge >= 0.3 is 0 Å². The van der Waals surface area contributed by atoms with Crippen LogP contribution in [0.4, 0.5) is 0 Å². The van der Waals surface area contributed by atoms with Crippen molar-refractivity contribution >= 4 is 15.8 Å². The van der Waals surface area contributed by atoms with Gasteiger partial charge in [-0.15, -0.1) is 0 Å². The van der Waals surface area contributed by atoms with E-state index in [0.717, 1.165) is 29.5 Å². The number of methoxy groups -OCH3 is 1. The molecule has 4 aromatic rings. The van der Waals surface area contributed by atoms with E-state index in [2.05, 4.69) is 9.97 Å². The Hall–Kier alpha value is -3.74. The number of hydrogen-bond donors (Lipinski definition) is 1. The van der Waals surface area contributed by atoms with Crippen molar-refractivity contribution in [3.63, 3.8) is 0 Å². The first-order valence-corrected chi connectivity index (χ1v) is 14.2. The summed E-state index contributed by atoms with van der Waals surface area (Å²) >= 11 is 0. The third-order valence-corrected chi connectivity index (χ3v) is 7.80. The number of rotatable bonds is 10. The Morgan fingerprint density at radius 3 is 2.42 bits per heavy atom. The molecule has 2 N–H and O–H groups in total. The van der Waals surface area contributed by atoms with Crippen LogP contribution >= 0.6 is 0 Å². The van der Waals surface area contributed by atoms with Crippen molar-refractivity contribution in [2.45, 2.75) is 29.9 Å². The number of nitrogens with zero attached hydrogens (tertiary/aromatic N) is 2. The summed E-state index contributed by atoms with van der Waals surface area (Å²) in [5.41, 5.74) is 3.03. The molecule has 1 aliphatic rings. The molecule has 5 rings (SSSR count). The van der Waals surface area contributed by atoms with E-state index in [-0.39, 0.29) is 24.0 Å². The summed E-state index contributed by atoms with van der Waals surface area (Å²) in [5.74, 6) is -0.225.